The predicted molar refractivity (Wildman–Crippen MR) is 62.6 cm³/mol. The zero-order valence-electron chi connectivity index (χ0n) is 10.4. The number of benzene rings is 1. The van der Waals surface area contributed by atoms with Crippen molar-refractivity contribution in [1.82, 2.24) is 0 Å². The summed E-state index contributed by atoms with van der Waals surface area (Å²) in [7, 11) is 0. The van der Waals surface area contributed by atoms with Gasteiger partial charge in [-0.25, -0.2) is 0 Å². The van der Waals surface area contributed by atoms with Crippen LogP contribution in [0.15, 0.2) is 12.1 Å². The Morgan fingerprint density at radius 3 is 2.10 bits per heavy atom. The number of carboxylic acid groups (broad SMARTS) is 1. The van der Waals surface area contributed by atoms with Gasteiger partial charge in [0.2, 0.25) is 0 Å². The van der Waals surface area contributed by atoms with Crippen LogP contribution in [0.1, 0.15) is 36.8 Å². The van der Waals surface area contributed by atoms with Gasteiger partial charge in [0, 0.05) is 5.56 Å². The molecule has 1 saturated carbocycles. The average molecular weight is 290 g/mol. The zero-order chi connectivity index (χ0) is 15.1. The Balaban J connectivity index is 2.60. The lowest BCUT2D eigenvalue weighted by molar-refractivity contribution is -0.143. The van der Waals surface area contributed by atoms with E-state index >= 15 is 0 Å². The summed E-state index contributed by atoms with van der Waals surface area (Å²) in [6, 6.07) is 1.55. The first-order valence-electron chi connectivity index (χ1n) is 6.06. The van der Waals surface area contributed by atoms with Gasteiger partial charge in [-0.05, 0) is 18.9 Å². The molecule has 7 heteroatoms. The minimum atomic E-state index is -4.81. The molecule has 110 valence electrons. The molecule has 0 atom stereocenters. The number of hydrogen-bond donors (Lipinski definition) is 3. The van der Waals surface area contributed by atoms with Crippen LogP contribution < -0.4 is 0 Å². The first-order valence-corrected chi connectivity index (χ1v) is 6.06. The number of carbonyl (C=O) groups is 1. The zero-order valence-corrected chi connectivity index (χ0v) is 10.4. The van der Waals surface area contributed by atoms with Crippen molar-refractivity contribution in [3.05, 3.63) is 23.3 Å². The Bertz CT molecular complexity index is 545. The highest BCUT2D eigenvalue weighted by Crippen LogP contribution is 2.50. The maximum atomic E-state index is 12.6. The molecule has 0 amide bonds. The molecule has 1 aromatic rings. The standard InChI is InChI=1S/C13H13F3O4/c14-13(15,16)8-4-3-7(9(17)10(8)18)12(11(19)20)5-1-2-6-12/h3-4,17-18H,1-2,5-6H2,(H,19,20). The van der Waals surface area contributed by atoms with Crippen molar-refractivity contribution in [3.63, 3.8) is 0 Å². The molecule has 0 aromatic heterocycles. The molecule has 0 aliphatic heterocycles. The van der Waals surface area contributed by atoms with Gasteiger partial charge in [-0.1, -0.05) is 18.9 Å². The quantitative estimate of drug-likeness (QED) is 0.732. The molecule has 1 aromatic carbocycles. The topological polar surface area (TPSA) is 77.8 Å². The second kappa shape index (κ2) is 4.57. The number of aliphatic carboxylic acids is 1. The summed E-state index contributed by atoms with van der Waals surface area (Å²) in [6.07, 6.45) is -3.16. The van der Waals surface area contributed by atoms with Gasteiger partial charge >= 0.3 is 12.1 Å². The van der Waals surface area contributed by atoms with Crippen LogP contribution in [0.2, 0.25) is 0 Å². The number of halogens is 3. The van der Waals surface area contributed by atoms with E-state index in [1.165, 1.54) is 0 Å². The van der Waals surface area contributed by atoms with Crippen molar-refractivity contribution in [2.24, 2.45) is 0 Å². The number of aromatic hydroxyl groups is 2. The second-order valence-corrected chi connectivity index (χ2v) is 4.95. The Morgan fingerprint density at radius 1 is 1.10 bits per heavy atom. The molecule has 20 heavy (non-hydrogen) atoms. The van der Waals surface area contributed by atoms with Crippen LogP contribution in [0.3, 0.4) is 0 Å². The third-order valence-electron chi connectivity index (χ3n) is 3.84. The number of phenolic OH excluding ortho intramolecular Hbond substituents is 2. The van der Waals surface area contributed by atoms with Crippen molar-refractivity contribution < 1.29 is 33.3 Å². The summed E-state index contributed by atoms with van der Waals surface area (Å²) >= 11 is 0. The molecule has 0 saturated heterocycles. The van der Waals surface area contributed by atoms with Crippen molar-refractivity contribution in [2.75, 3.05) is 0 Å². The largest absolute Gasteiger partial charge is 0.504 e. The van der Waals surface area contributed by atoms with Crippen LogP contribution in [0.5, 0.6) is 11.5 Å². The molecule has 0 heterocycles. The number of hydrogen-bond acceptors (Lipinski definition) is 3. The van der Waals surface area contributed by atoms with E-state index < -0.39 is 34.6 Å². The Morgan fingerprint density at radius 2 is 1.65 bits per heavy atom. The van der Waals surface area contributed by atoms with Gasteiger partial charge < -0.3 is 15.3 Å². The van der Waals surface area contributed by atoms with E-state index in [4.69, 9.17) is 0 Å². The lowest BCUT2D eigenvalue weighted by Crippen LogP contribution is -2.32. The van der Waals surface area contributed by atoms with E-state index in [2.05, 4.69) is 0 Å². The fourth-order valence-electron chi connectivity index (χ4n) is 2.77. The van der Waals surface area contributed by atoms with E-state index in [1.54, 1.807) is 0 Å². The Labute approximate surface area is 112 Å². The Kier molecular flexibility index (Phi) is 3.31. The van der Waals surface area contributed by atoms with E-state index in [0.29, 0.717) is 18.9 Å². The molecule has 0 radical (unpaired) electrons. The molecule has 4 nitrogen and oxygen atoms in total. The summed E-state index contributed by atoms with van der Waals surface area (Å²) in [4.78, 5) is 11.5. The van der Waals surface area contributed by atoms with Gasteiger partial charge in [-0.3, -0.25) is 4.79 Å². The molecular formula is C13H13F3O4. The maximum absolute atomic E-state index is 12.6. The normalized spacial score (nSPS) is 18.1. The monoisotopic (exact) mass is 290 g/mol. The van der Waals surface area contributed by atoms with Gasteiger partial charge in [0.25, 0.3) is 0 Å². The lowest BCUT2D eigenvalue weighted by atomic mass is 9.78. The third kappa shape index (κ3) is 2.07. The molecule has 1 fully saturated rings. The summed E-state index contributed by atoms with van der Waals surface area (Å²) in [5, 5.41) is 28.7. The van der Waals surface area contributed by atoms with E-state index in [-0.39, 0.29) is 18.4 Å². The third-order valence-corrected chi connectivity index (χ3v) is 3.84. The van der Waals surface area contributed by atoms with Crippen molar-refractivity contribution in [1.29, 1.82) is 0 Å². The number of carboxylic acids is 1. The van der Waals surface area contributed by atoms with Crippen LogP contribution in [0.4, 0.5) is 13.2 Å². The van der Waals surface area contributed by atoms with Gasteiger partial charge in [-0.2, -0.15) is 13.2 Å². The van der Waals surface area contributed by atoms with Crippen LogP contribution in [0, 0.1) is 0 Å². The summed E-state index contributed by atoms with van der Waals surface area (Å²) < 4.78 is 37.8. The minimum absolute atomic E-state index is 0.159. The summed E-state index contributed by atoms with van der Waals surface area (Å²) in [5.41, 5.74) is -2.96. The van der Waals surface area contributed by atoms with Crippen LogP contribution >= 0.6 is 0 Å². The van der Waals surface area contributed by atoms with Crippen LogP contribution in [-0.2, 0) is 16.4 Å². The molecule has 2 rings (SSSR count). The first kappa shape index (κ1) is 14.5. The molecule has 0 unspecified atom stereocenters. The van der Waals surface area contributed by atoms with Gasteiger partial charge in [0.1, 0.15) is 5.56 Å². The lowest BCUT2D eigenvalue weighted by Gasteiger charge is -2.26. The SMILES string of the molecule is O=C(O)C1(c2ccc(C(F)(F)F)c(O)c2O)CCCC1. The fraction of sp³-hybridized carbons (Fsp3) is 0.462. The highest BCUT2D eigenvalue weighted by atomic mass is 19.4. The minimum Gasteiger partial charge on any atom is -0.504 e. The smallest absolute Gasteiger partial charge is 0.420 e. The van der Waals surface area contributed by atoms with Gasteiger partial charge in [0.15, 0.2) is 11.5 Å². The predicted octanol–water partition coefficient (Wildman–Crippen LogP) is 3.01. The molecule has 1 aliphatic carbocycles. The highest BCUT2D eigenvalue weighted by molar-refractivity contribution is 5.83. The van der Waals surface area contributed by atoms with Crippen LogP contribution in [0.25, 0.3) is 0 Å². The van der Waals surface area contributed by atoms with Gasteiger partial charge in [0.05, 0.1) is 5.41 Å². The van der Waals surface area contributed by atoms with Crippen molar-refractivity contribution in [2.45, 2.75) is 37.3 Å². The molecule has 0 bridgehead atoms. The number of rotatable bonds is 2. The average Bonchev–Trinajstić information content (AvgIpc) is 2.81. The number of phenols is 2. The molecular weight excluding hydrogens is 277 g/mol. The molecule has 1 aliphatic rings. The van der Waals surface area contributed by atoms with Crippen LogP contribution in [-0.4, -0.2) is 21.3 Å². The van der Waals surface area contributed by atoms with E-state index in [0.717, 1.165) is 6.07 Å². The highest BCUT2D eigenvalue weighted by Gasteiger charge is 2.46. The van der Waals surface area contributed by atoms with E-state index in [1.807, 2.05) is 0 Å². The summed E-state index contributed by atoms with van der Waals surface area (Å²) in [6.45, 7) is 0. The van der Waals surface area contributed by atoms with E-state index in [9.17, 15) is 33.3 Å². The number of alkyl halides is 3. The van der Waals surface area contributed by atoms with Crippen molar-refractivity contribution in [3.8, 4) is 11.5 Å². The summed E-state index contributed by atoms with van der Waals surface area (Å²) in [5.74, 6) is -3.52. The van der Waals surface area contributed by atoms with Gasteiger partial charge in [-0.15, -0.1) is 0 Å². The maximum Gasteiger partial charge on any atom is 0.420 e. The molecule has 3 N–H and O–H groups in total. The second-order valence-electron chi connectivity index (χ2n) is 4.95. The molecule has 0 spiro atoms. The fourth-order valence-corrected chi connectivity index (χ4v) is 2.77. The Hall–Kier alpha value is -1.92. The first-order chi connectivity index (χ1) is 9.20. The van der Waals surface area contributed by atoms with Crippen molar-refractivity contribution >= 4 is 5.97 Å².